The van der Waals surface area contributed by atoms with Gasteiger partial charge in [-0.25, -0.2) is 15.0 Å². The van der Waals surface area contributed by atoms with Crippen LogP contribution in [0.25, 0.3) is 11.6 Å². The average Bonchev–Trinajstić information content (AvgIpc) is 2.35. The largest absolute Gasteiger partial charge is 0.303 e. The number of nitrogens with zero attached hydrogens (tertiary/aromatic N) is 3. The minimum atomic E-state index is -0.205. The first-order valence-electron chi connectivity index (χ1n) is 5.64. The van der Waals surface area contributed by atoms with Crippen molar-refractivity contribution in [1.82, 2.24) is 19.9 Å². The lowest BCUT2D eigenvalue weighted by Crippen LogP contribution is -2.15. The lowest BCUT2D eigenvalue weighted by molar-refractivity contribution is 0.631. The van der Waals surface area contributed by atoms with Gasteiger partial charge in [0.15, 0.2) is 11.6 Å². The Morgan fingerprint density at radius 2 is 2.00 bits per heavy atom. The van der Waals surface area contributed by atoms with Crippen LogP contribution in [0.3, 0.4) is 0 Å². The molecule has 1 N–H and O–H groups in total. The summed E-state index contributed by atoms with van der Waals surface area (Å²) in [5.74, 6) is 1.24. The molecule has 0 spiro atoms. The number of hydrogen-bond donors (Lipinski definition) is 1. The van der Waals surface area contributed by atoms with Gasteiger partial charge in [0.25, 0.3) is 5.56 Å². The minimum absolute atomic E-state index is 0.205. The zero-order valence-electron chi connectivity index (χ0n) is 10.1. The molecule has 0 aromatic carbocycles. The maximum absolute atomic E-state index is 11.8. The van der Waals surface area contributed by atoms with E-state index in [1.54, 1.807) is 18.5 Å². The lowest BCUT2D eigenvalue weighted by Gasteiger charge is -2.07. The molecule has 0 bridgehead atoms. The highest BCUT2D eigenvalue weighted by Gasteiger charge is 2.12. The standard InChI is InChI=1S/C12H13BrN4O/c1-7(2)6-8-9(13)12(18)17-11(16-8)10-14-4-3-5-15-10/h3-5,7H,6H2,1-2H3,(H,16,17,18). The second-order valence-corrected chi connectivity index (χ2v) is 5.14. The molecule has 2 heterocycles. The van der Waals surface area contributed by atoms with Crippen LogP contribution < -0.4 is 5.56 Å². The van der Waals surface area contributed by atoms with Gasteiger partial charge >= 0.3 is 0 Å². The van der Waals surface area contributed by atoms with Gasteiger partial charge in [0.2, 0.25) is 0 Å². The number of H-pyrrole nitrogens is 1. The zero-order chi connectivity index (χ0) is 13.1. The van der Waals surface area contributed by atoms with Crippen LogP contribution >= 0.6 is 15.9 Å². The van der Waals surface area contributed by atoms with Gasteiger partial charge in [0.05, 0.1) is 5.69 Å². The van der Waals surface area contributed by atoms with E-state index in [0.29, 0.717) is 22.0 Å². The topological polar surface area (TPSA) is 71.5 Å². The summed E-state index contributed by atoms with van der Waals surface area (Å²) in [5.41, 5.74) is 0.527. The SMILES string of the molecule is CC(C)Cc1nc(-c2ncccn2)[nH]c(=O)c1Br. The summed E-state index contributed by atoms with van der Waals surface area (Å²) in [6, 6.07) is 1.72. The summed E-state index contributed by atoms with van der Waals surface area (Å²) in [6.45, 7) is 4.15. The first-order valence-corrected chi connectivity index (χ1v) is 6.43. The van der Waals surface area contributed by atoms with Gasteiger partial charge in [-0.2, -0.15) is 0 Å². The molecular formula is C12H13BrN4O. The summed E-state index contributed by atoms with van der Waals surface area (Å²) in [6.07, 6.45) is 3.96. The normalized spacial score (nSPS) is 10.9. The number of nitrogens with one attached hydrogen (secondary N) is 1. The zero-order valence-corrected chi connectivity index (χ0v) is 11.7. The minimum Gasteiger partial charge on any atom is -0.303 e. The molecule has 5 nitrogen and oxygen atoms in total. The van der Waals surface area contributed by atoms with Crippen molar-refractivity contribution in [2.24, 2.45) is 5.92 Å². The van der Waals surface area contributed by atoms with E-state index in [4.69, 9.17) is 0 Å². The molecule has 6 heteroatoms. The number of aromatic nitrogens is 4. The maximum Gasteiger partial charge on any atom is 0.265 e. The third-order valence-electron chi connectivity index (χ3n) is 2.31. The molecule has 2 rings (SSSR count). The van der Waals surface area contributed by atoms with Crippen LogP contribution in [0.2, 0.25) is 0 Å². The van der Waals surface area contributed by atoms with Crippen molar-refractivity contribution in [3.8, 4) is 11.6 Å². The van der Waals surface area contributed by atoms with Crippen LogP contribution in [0.15, 0.2) is 27.7 Å². The van der Waals surface area contributed by atoms with Gasteiger partial charge in [-0.15, -0.1) is 0 Å². The van der Waals surface area contributed by atoms with Gasteiger partial charge in [0.1, 0.15) is 4.47 Å². The van der Waals surface area contributed by atoms with Crippen LogP contribution in [0.1, 0.15) is 19.5 Å². The van der Waals surface area contributed by atoms with Gasteiger partial charge in [-0.3, -0.25) is 4.79 Å². The third kappa shape index (κ3) is 2.81. The van der Waals surface area contributed by atoms with Crippen molar-refractivity contribution in [2.75, 3.05) is 0 Å². The Morgan fingerprint density at radius 1 is 1.33 bits per heavy atom. The molecule has 0 aliphatic heterocycles. The van der Waals surface area contributed by atoms with Gasteiger partial charge in [0, 0.05) is 12.4 Å². The molecular weight excluding hydrogens is 296 g/mol. The number of halogens is 1. The quantitative estimate of drug-likeness (QED) is 0.943. The molecule has 0 atom stereocenters. The number of aromatic amines is 1. The average molecular weight is 309 g/mol. The fourth-order valence-electron chi connectivity index (χ4n) is 1.55. The Labute approximate surface area is 113 Å². The highest BCUT2D eigenvalue weighted by molar-refractivity contribution is 9.10. The fourth-order valence-corrected chi connectivity index (χ4v) is 1.90. The summed E-state index contributed by atoms with van der Waals surface area (Å²) < 4.78 is 0.482. The van der Waals surface area contributed by atoms with Crippen molar-refractivity contribution >= 4 is 15.9 Å². The Balaban J connectivity index is 2.51. The molecule has 18 heavy (non-hydrogen) atoms. The molecule has 0 aliphatic rings. The van der Waals surface area contributed by atoms with Crippen molar-refractivity contribution in [1.29, 1.82) is 0 Å². The Morgan fingerprint density at radius 3 is 2.61 bits per heavy atom. The van der Waals surface area contributed by atoms with E-state index < -0.39 is 0 Å². The fraction of sp³-hybridized carbons (Fsp3) is 0.333. The van der Waals surface area contributed by atoms with Gasteiger partial charge in [-0.1, -0.05) is 13.8 Å². The van der Waals surface area contributed by atoms with E-state index in [1.807, 2.05) is 0 Å². The van der Waals surface area contributed by atoms with Gasteiger partial charge < -0.3 is 4.98 Å². The molecule has 0 saturated carbocycles. The van der Waals surface area contributed by atoms with Gasteiger partial charge in [-0.05, 0) is 34.3 Å². The van der Waals surface area contributed by atoms with Crippen LogP contribution in [-0.2, 0) is 6.42 Å². The van der Waals surface area contributed by atoms with E-state index in [9.17, 15) is 4.79 Å². The first-order chi connectivity index (χ1) is 8.58. The van der Waals surface area contributed by atoms with E-state index in [2.05, 4.69) is 49.7 Å². The second kappa shape index (κ2) is 5.39. The smallest absolute Gasteiger partial charge is 0.265 e. The van der Waals surface area contributed by atoms with Crippen molar-refractivity contribution in [3.05, 3.63) is 39.0 Å². The summed E-state index contributed by atoms with van der Waals surface area (Å²) in [7, 11) is 0. The van der Waals surface area contributed by atoms with Crippen LogP contribution in [0.4, 0.5) is 0 Å². The van der Waals surface area contributed by atoms with Crippen molar-refractivity contribution < 1.29 is 0 Å². The van der Waals surface area contributed by atoms with Crippen LogP contribution in [0.5, 0.6) is 0 Å². The molecule has 2 aromatic heterocycles. The highest BCUT2D eigenvalue weighted by atomic mass is 79.9. The van der Waals surface area contributed by atoms with E-state index in [0.717, 1.165) is 12.1 Å². The Hall–Kier alpha value is -1.56. The van der Waals surface area contributed by atoms with E-state index >= 15 is 0 Å². The summed E-state index contributed by atoms with van der Waals surface area (Å²) in [5, 5.41) is 0. The Kier molecular flexibility index (Phi) is 3.86. The second-order valence-electron chi connectivity index (χ2n) is 4.35. The lowest BCUT2D eigenvalue weighted by atomic mass is 10.1. The molecule has 0 amide bonds. The monoisotopic (exact) mass is 308 g/mol. The molecule has 0 radical (unpaired) electrons. The van der Waals surface area contributed by atoms with Crippen molar-refractivity contribution in [3.63, 3.8) is 0 Å². The van der Waals surface area contributed by atoms with Crippen LogP contribution in [-0.4, -0.2) is 19.9 Å². The molecule has 2 aromatic rings. The van der Waals surface area contributed by atoms with E-state index in [-0.39, 0.29) is 5.56 Å². The molecule has 0 saturated heterocycles. The third-order valence-corrected chi connectivity index (χ3v) is 3.13. The molecule has 0 fully saturated rings. The summed E-state index contributed by atoms with van der Waals surface area (Å²) in [4.78, 5) is 27.1. The molecule has 94 valence electrons. The molecule has 0 unspecified atom stereocenters. The van der Waals surface area contributed by atoms with Crippen molar-refractivity contribution in [2.45, 2.75) is 20.3 Å². The summed E-state index contributed by atoms with van der Waals surface area (Å²) >= 11 is 3.27. The maximum atomic E-state index is 11.8. The number of rotatable bonds is 3. The predicted octanol–water partition coefficient (Wildman–Crippen LogP) is 2.19. The van der Waals surface area contributed by atoms with Crippen LogP contribution in [0, 0.1) is 5.92 Å². The Bertz CT molecular complexity index is 595. The van der Waals surface area contributed by atoms with E-state index in [1.165, 1.54) is 0 Å². The predicted molar refractivity (Wildman–Crippen MR) is 72.1 cm³/mol. The number of hydrogen-bond acceptors (Lipinski definition) is 4. The first kappa shape index (κ1) is 12.9. The highest BCUT2D eigenvalue weighted by Crippen LogP contribution is 2.16. The molecule has 0 aliphatic carbocycles.